The van der Waals surface area contributed by atoms with Gasteiger partial charge in [-0.15, -0.1) is 0 Å². The molecule has 35 heavy (non-hydrogen) atoms. The second kappa shape index (κ2) is 9.12. The molecule has 3 heterocycles. The van der Waals surface area contributed by atoms with Gasteiger partial charge in [-0.3, -0.25) is 4.79 Å². The minimum absolute atomic E-state index is 0.228. The lowest BCUT2D eigenvalue weighted by molar-refractivity contribution is -0.114. The summed E-state index contributed by atoms with van der Waals surface area (Å²) in [6.07, 6.45) is 3.89. The number of carbonyl (C=O) groups excluding carboxylic acids is 1. The molecule has 170 valence electrons. The van der Waals surface area contributed by atoms with Crippen molar-refractivity contribution in [3.05, 3.63) is 120 Å². The van der Waals surface area contributed by atoms with E-state index < -0.39 is 0 Å². The average molecular weight is 477 g/mol. The molecule has 0 unspecified atom stereocenters. The third kappa shape index (κ3) is 4.29. The second-order valence-electron chi connectivity index (χ2n) is 7.97. The molecular weight excluding hydrogens is 456 g/mol. The highest BCUT2D eigenvalue weighted by Gasteiger charge is 2.34. The number of amides is 1. The summed E-state index contributed by atoms with van der Waals surface area (Å²) in [5.74, 6) is 1.52. The van der Waals surface area contributed by atoms with Crippen molar-refractivity contribution < 1.29 is 9.21 Å². The fraction of sp³-hybridized carbons (Fsp3) is 0.0357. The molecule has 0 bridgehead atoms. The van der Waals surface area contributed by atoms with Crippen molar-refractivity contribution in [3.8, 4) is 0 Å². The van der Waals surface area contributed by atoms with Crippen LogP contribution in [-0.4, -0.2) is 21.7 Å². The lowest BCUT2D eigenvalue weighted by atomic mass is 10.2. The van der Waals surface area contributed by atoms with Gasteiger partial charge in [-0.2, -0.15) is 0 Å². The number of nitrogens with one attached hydrogen (secondary N) is 1. The van der Waals surface area contributed by atoms with Crippen molar-refractivity contribution >= 4 is 40.5 Å². The van der Waals surface area contributed by atoms with Crippen LogP contribution in [0.25, 0.3) is 11.0 Å². The SMILES string of the molecule is O=C1/C(=C/Cc2ccco2)N=C(c2ccccc2)N1c1nc2ccc(Sc3ccccc3)cc2[nH]1. The minimum atomic E-state index is -0.228. The number of amidine groups is 1. The molecular formula is C28H20N4O2S. The molecule has 3 aromatic carbocycles. The summed E-state index contributed by atoms with van der Waals surface area (Å²) >= 11 is 1.68. The highest BCUT2D eigenvalue weighted by molar-refractivity contribution is 7.99. The van der Waals surface area contributed by atoms with E-state index in [1.54, 1.807) is 29.0 Å². The van der Waals surface area contributed by atoms with E-state index in [1.165, 1.54) is 0 Å². The molecule has 1 aliphatic rings. The number of aliphatic imine (C=N–C) groups is 1. The zero-order chi connectivity index (χ0) is 23.6. The molecule has 6 nitrogen and oxygen atoms in total. The van der Waals surface area contributed by atoms with E-state index in [0.717, 1.165) is 32.1 Å². The number of aromatic amines is 1. The monoisotopic (exact) mass is 476 g/mol. The molecule has 0 fully saturated rings. The van der Waals surface area contributed by atoms with E-state index in [-0.39, 0.29) is 5.91 Å². The van der Waals surface area contributed by atoms with Gasteiger partial charge in [0.15, 0.2) is 5.84 Å². The zero-order valence-corrected chi connectivity index (χ0v) is 19.4. The van der Waals surface area contributed by atoms with Crippen molar-refractivity contribution in [1.29, 1.82) is 0 Å². The number of carbonyl (C=O) groups is 1. The molecule has 7 heteroatoms. The minimum Gasteiger partial charge on any atom is -0.469 e. The third-order valence-corrected chi connectivity index (χ3v) is 6.60. The van der Waals surface area contributed by atoms with Gasteiger partial charge in [-0.1, -0.05) is 60.3 Å². The molecule has 5 aromatic rings. The van der Waals surface area contributed by atoms with Gasteiger partial charge in [0.2, 0.25) is 5.95 Å². The molecule has 0 saturated carbocycles. The van der Waals surface area contributed by atoms with Crippen molar-refractivity contribution in [2.75, 3.05) is 4.90 Å². The van der Waals surface area contributed by atoms with Crippen LogP contribution in [0, 0.1) is 0 Å². The lowest BCUT2D eigenvalue weighted by Crippen LogP contribution is -2.33. The van der Waals surface area contributed by atoms with Crippen LogP contribution in [0.3, 0.4) is 0 Å². The largest absolute Gasteiger partial charge is 0.469 e. The molecule has 0 atom stereocenters. The van der Waals surface area contributed by atoms with E-state index in [9.17, 15) is 4.79 Å². The van der Waals surface area contributed by atoms with Crippen molar-refractivity contribution in [3.63, 3.8) is 0 Å². The number of furan rings is 1. The Balaban J connectivity index is 1.36. The van der Waals surface area contributed by atoms with Gasteiger partial charge >= 0.3 is 0 Å². The quantitative estimate of drug-likeness (QED) is 0.295. The first kappa shape index (κ1) is 21.2. The van der Waals surface area contributed by atoms with Gasteiger partial charge in [0.05, 0.1) is 17.3 Å². The Morgan fingerprint density at radius 1 is 0.914 bits per heavy atom. The number of H-pyrrole nitrogens is 1. The van der Waals surface area contributed by atoms with Crippen LogP contribution in [0.2, 0.25) is 0 Å². The topological polar surface area (TPSA) is 74.5 Å². The number of benzene rings is 3. The summed E-state index contributed by atoms with van der Waals surface area (Å²) in [7, 11) is 0. The van der Waals surface area contributed by atoms with Crippen LogP contribution >= 0.6 is 11.8 Å². The van der Waals surface area contributed by atoms with Gasteiger partial charge < -0.3 is 9.40 Å². The Morgan fingerprint density at radius 2 is 1.71 bits per heavy atom. The number of nitrogens with zero attached hydrogens (tertiary/aromatic N) is 3. The normalized spacial score (nSPS) is 14.7. The summed E-state index contributed by atoms with van der Waals surface area (Å²) in [5.41, 5.74) is 2.84. The number of fused-ring (bicyclic) bond motifs is 1. The van der Waals surface area contributed by atoms with Gasteiger partial charge in [0.1, 0.15) is 11.5 Å². The fourth-order valence-corrected chi connectivity index (χ4v) is 4.81. The molecule has 1 amide bonds. The summed E-state index contributed by atoms with van der Waals surface area (Å²) in [6, 6.07) is 29.6. The lowest BCUT2D eigenvalue weighted by Gasteiger charge is -2.15. The van der Waals surface area contributed by atoms with Crippen LogP contribution in [0.1, 0.15) is 11.3 Å². The Bertz CT molecular complexity index is 1550. The maximum absolute atomic E-state index is 13.5. The Morgan fingerprint density at radius 3 is 2.49 bits per heavy atom. The van der Waals surface area contributed by atoms with E-state index in [2.05, 4.69) is 28.2 Å². The molecule has 0 aliphatic carbocycles. The molecule has 0 spiro atoms. The standard InChI is InChI=1S/C28H20N4O2S/c33-27-24(15-13-20-10-7-17-34-20)29-26(19-8-3-1-4-9-19)32(27)28-30-23-16-14-22(18-25(23)31-28)35-21-11-5-2-6-12-21/h1-12,14-18H,13H2,(H,30,31)/b24-15-. The first-order valence-electron chi connectivity index (χ1n) is 11.2. The van der Waals surface area contributed by atoms with Gasteiger partial charge in [-0.05, 0) is 48.5 Å². The van der Waals surface area contributed by atoms with E-state index in [4.69, 9.17) is 9.40 Å². The highest BCUT2D eigenvalue weighted by atomic mass is 32.2. The summed E-state index contributed by atoms with van der Waals surface area (Å²) in [4.78, 5) is 30.0. The van der Waals surface area contributed by atoms with Crippen LogP contribution in [0.4, 0.5) is 5.95 Å². The van der Waals surface area contributed by atoms with E-state index in [0.29, 0.717) is 23.9 Å². The predicted octanol–water partition coefficient (Wildman–Crippen LogP) is 6.23. The number of aromatic nitrogens is 2. The predicted molar refractivity (Wildman–Crippen MR) is 138 cm³/mol. The molecule has 1 aliphatic heterocycles. The number of anilines is 1. The van der Waals surface area contributed by atoms with Crippen LogP contribution in [0.15, 0.2) is 128 Å². The Labute approximate surface area is 206 Å². The number of hydrogen-bond donors (Lipinski definition) is 1. The van der Waals surface area contributed by atoms with Crippen LogP contribution in [-0.2, 0) is 11.2 Å². The number of imidazole rings is 1. The molecule has 2 aromatic heterocycles. The van der Waals surface area contributed by atoms with Crippen molar-refractivity contribution in [2.45, 2.75) is 16.2 Å². The second-order valence-corrected chi connectivity index (χ2v) is 9.12. The van der Waals surface area contributed by atoms with Crippen molar-refractivity contribution in [1.82, 2.24) is 9.97 Å². The Kier molecular flexibility index (Phi) is 5.52. The number of allylic oxidation sites excluding steroid dienone is 1. The maximum atomic E-state index is 13.5. The van der Waals surface area contributed by atoms with Gasteiger partial charge in [-0.25, -0.2) is 14.9 Å². The summed E-state index contributed by atoms with van der Waals surface area (Å²) < 4.78 is 5.41. The molecule has 6 rings (SSSR count). The average Bonchev–Trinajstić information content (AvgIpc) is 3.62. The van der Waals surface area contributed by atoms with E-state index >= 15 is 0 Å². The summed E-state index contributed by atoms with van der Waals surface area (Å²) in [5, 5.41) is 0. The van der Waals surface area contributed by atoms with Gasteiger partial charge in [0, 0.05) is 21.8 Å². The van der Waals surface area contributed by atoms with Crippen LogP contribution in [0.5, 0.6) is 0 Å². The number of rotatable bonds is 6. The molecule has 0 saturated heterocycles. The molecule has 1 N–H and O–H groups in total. The summed E-state index contributed by atoms with van der Waals surface area (Å²) in [6.45, 7) is 0. The maximum Gasteiger partial charge on any atom is 0.284 e. The first-order valence-corrected chi connectivity index (χ1v) is 12.0. The fourth-order valence-electron chi connectivity index (χ4n) is 3.93. The first-order chi connectivity index (χ1) is 17.2. The van der Waals surface area contributed by atoms with Gasteiger partial charge in [0.25, 0.3) is 5.91 Å². The van der Waals surface area contributed by atoms with E-state index in [1.807, 2.05) is 72.8 Å². The van der Waals surface area contributed by atoms with Crippen molar-refractivity contribution in [2.24, 2.45) is 4.99 Å². The Hall–Kier alpha value is -4.36. The zero-order valence-electron chi connectivity index (χ0n) is 18.6. The van der Waals surface area contributed by atoms with Crippen LogP contribution < -0.4 is 4.90 Å². The number of hydrogen-bond acceptors (Lipinski definition) is 5. The third-order valence-electron chi connectivity index (χ3n) is 5.60. The molecule has 0 radical (unpaired) electrons. The highest BCUT2D eigenvalue weighted by Crippen LogP contribution is 2.32. The smallest absolute Gasteiger partial charge is 0.284 e.